The third-order valence-electron chi connectivity index (χ3n) is 5.95. The first-order chi connectivity index (χ1) is 15.5. The Morgan fingerprint density at radius 2 is 1.91 bits per heavy atom. The van der Waals surface area contributed by atoms with E-state index in [0.29, 0.717) is 25.3 Å². The fraction of sp³-hybridized carbons (Fsp3) is 0.385. The van der Waals surface area contributed by atoms with Crippen LogP contribution in [0.3, 0.4) is 0 Å². The minimum atomic E-state index is -0.206. The maximum atomic E-state index is 13.3. The van der Waals surface area contributed by atoms with Crippen LogP contribution in [0.5, 0.6) is 0 Å². The normalized spacial score (nSPS) is 15.6. The Balaban J connectivity index is 1.52. The van der Waals surface area contributed by atoms with E-state index < -0.39 is 0 Å². The second kappa shape index (κ2) is 9.57. The van der Waals surface area contributed by atoms with Crippen molar-refractivity contribution in [1.29, 1.82) is 0 Å². The van der Waals surface area contributed by atoms with Crippen molar-refractivity contribution in [3.63, 3.8) is 0 Å². The number of hydrogen-bond donors (Lipinski definition) is 2. The highest BCUT2D eigenvalue weighted by atomic mass is 16.5. The van der Waals surface area contributed by atoms with Crippen LogP contribution in [0.2, 0.25) is 0 Å². The van der Waals surface area contributed by atoms with Crippen molar-refractivity contribution in [2.24, 2.45) is 0 Å². The van der Waals surface area contributed by atoms with Gasteiger partial charge in [0.15, 0.2) is 0 Å². The number of aromatic amines is 1. The predicted octanol–water partition coefficient (Wildman–Crippen LogP) is 4.34. The largest absolute Gasteiger partial charge is 0.379 e. The van der Waals surface area contributed by atoms with E-state index in [4.69, 9.17) is 4.74 Å². The Hall–Kier alpha value is -3.12. The first kappa shape index (κ1) is 22.1. The van der Waals surface area contributed by atoms with Gasteiger partial charge >= 0.3 is 0 Å². The number of carbonyl (C=O) groups is 2. The lowest BCUT2D eigenvalue weighted by atomic mass is 9.95. The molecule has 1 aliphatic rings. The number of nitrogens with one attached hydrogen (secondary N) is 2. The van der Waals surface area contributed by atoms with E-state index in [-0.39, 0.29) is 30.4 Å². The van der Waals surface area contributed by atoms with E-state index in [1.165, 1.54) is 0 Å². The molecule has 0 unspecified atom stereocenters. The third-order valence-corrected chi connectivity index (χ3v) is 5.95. The summed E-state index contributed by atoms with van der Waals surface area (Å²) in [6.45, 7) is 7.60. The highest BCUT2D eigenvalue weighted by Crippen LogP contribution is 2.42. The number of fused-ring (bicyclic) bond motifs is 2. The van der Waals surface area contributed by atoms with E-state index in [2.05, 4.69) is 22.4 Å². The van der Waals surface area contributed by atoms with Gasteiger partial charge in [-0.3, -0.25) is 9.59 Å². The first-order valence-corrected chi connectivity index (χ1v) is 11.3. The monoisotopic (exact) mass is 433 g/mol. The number of benzene rings is 2. The number of nitrogens with zero attached hydrogens (tertiary/aromatic N) is 1. The minimum Gasteiger partial charge on any atom is -0.379 e. The highest BCUT2D eigenvalue weighted by Gasteiger charge is 2.39. The van der Waals surface area contributed by atoms with Crippen LogP contribution in [-0.2, 0) is 9.53 Å². The maximum absolute atomic E-state index is 13.3. The fourth-order valence-corrected chi connectivity index (χ4v) is 4.49. The van der Waals surface area contributed by atoms with Crippen molar-refractivity contribution in [3.05, 3.63) is 70.9 Å². The Morgan fingerprint density at radius 3 is 2.72 bits per heavy atom. The van der Waals surface area contributed by atoms with Crippen molar-refractivity contribution in [2.45, 2.75) is 45.8 Å². The molecule has 3 aromatic rings. The molecule has 0 bridgehead atoms. The van der Waals surface area contributed by atoms with Gasteiger partial charge in [0.25, 0.3) is 5.91 Å². The summed E-state index contributed by atoms with van der Waals surface area (Å²) in [7, 11) is 0. The molecule has 2 aromatic carbocycles. The molecule has 1 aliphatic heterocycles. The summed E-state index contributed by atoms with van der Waals surface area (Å²) in [5.74, 6) is -0.0684. The van der Waals surface area contributed by atoms with Gasteiger partial charge in [-0.15, -0.1) is 0 Å². The molecule has 0 spiro atoms. The minimum absolute atomic E-state index is 0.0200. The smallest absolute Gasteiger partial charge is 0.255 e. The van der Waals surface area contributed by atoms with E-state index in [9.17, 15) is 9.59 Å². The fourth-order valence-electron chi connectivity index (χ4n) is 4.49. The molecule has 1 atom stereocenters. The van der Waals surface area contributed by atoms with Crippen molar-refractivity contribution >= 4 is 22.7 Å². The summed E-state index contributed by atoms with van der Waals surface area (Å²) >= 11 is 0. The first-order valence-electron chi connectivity index (χ1n) is 11.3. The second-order valence-electron chi connectivity index (χ2n) is 8.57. The number of aryl methyl sites for hydroxylation is 1. The molecule has 2 amide bonds. The summed E-state index contributed by atoms with van der Waals surface area (Å²) < 4.78 is 5.51. The number of ether oxygens (including phenoxy) is 1. The molecule has 1 aromatic heterocycles. The van der Waals surface area contributed by atoms with E-state index in [0.717, 1.165) is 34.1 Å². The molecular weight excluding hydrogens is 402 g/mol. The molecule has 6 nitrogen and oxygen atoms in total. The predicted molar refractivity (Wildman–Crippen MR) is 126 cm³/mol. The zero-order valence-electron chi connectivity index (χ0n) is 19.0. The van der Waals surface area contributed by atoms with E-state index in [1.807, 2.05) is 62.1 Å². The van der Waals surface area contributed by atoms with Crippen molar-refractivity contribution in [3.8, 4) is 0 Å². The van der Waals surface area contributed by atoms with Crippen LogP contribution in [0.15, 0.2) is 48.5 Å². The molecule has 0 aliphatic carbocycles. The van der Waals surface area contributed by atoms with Crippen LogP contribution >= 0.6 is 0 Å². The summed E-state index contributed by atoms with van der Waals surface area (Å²) in [6, 6.07) is 15.7. The number of hydrogen-bond acceptors (Lipinski definition) is 3. The van der Waals surface area contributed by atoms with Crippen LogP contribution in [-0.4, -0.2) is 47.5 Å². The van der Waals surface area contributed by atoms with Crippen LogP contribution in [0.4, 0.5) is 0 Å². The van der Waals surface area contributed by atoms with Gasteiger partial charge in [-0.1, -0.05) is 36.4 Å². The zero-order valence-corrected chi connectivity index (χ0v) is 19.0. The summed E-state index contributed by atoms with van der Waals surface area (Å²) in [6.07, 6.45) is 1.23. The molecule has 2 heterocycles. The van der Waals surface area contributed by atoms with Gasteiger partial charge in [0, 0.05) is 53.8 Å². The van der Waals surface area contributed by atoms with Crippen LogP contribution in [0.25, 0.3) is 10.9 Å². The van der Waals surface area contributed by atoms with Crippen LogP contribution < -0.4 is 5.32 Å². The van der Waals surface area contributed by atoms with E-state index in [1.54, 1.807) is 0 Å². The van der Waals surface area contributed by atoms with Gasteiger partial charge in [-0.05, 0) is 44.9 Å². The molecule has 0 radical (unpaired) electrons. The number of H-pyrrole nitrogens is 1. The van der Waals surface area contributed by atoms with Gasteiger partial charge < -0.3 is 19.9 Å². The molecule has 0 saturated carbocycles. The molecule has 2 N–H and O–H groups in total. The number of aromatic nitrogens is 1. The molecule has 4 rings (SSSR count). The molecule has 168 valence electrons. The second-order valence-corrected chi connectivity index (χ2v) is 8.57. The molecular formula is C26H31N3O3. The lowest BCUT2D eigenvalue weighted by Gasteiger charge is -2.26. The number of rotatable bonds is 9. The van der Waals surface area contributed by atoms with Crippen molar-refractivity contribution in [2.75, 3.05) is 19.7 Å². The Morgan fingerprint density at radius 1 is 1.16 bits per heavy atom. The Kier molecular flexibility index (Phi) is 6.61. The lowest BCUT2D eigenvalue weighted by molar-refractivity contribution is -0.121. The van der Waals surface area contributed by atoms with Crippen molar-refractivity contribution in [1.82, 2.24) is 15.2 Å². The van der Waals surface area contributed by atoms with E-state index >= 15 is 0 Å². The summed E-state index contributed by atoms with van der Waals surface area (Å²) in [5.41, 5.74) is 4.91. The van der Waals surface area contributed by atoms with Crippen molar-refractivity contribution < 1.29 is 14.3 Å². The zero-order chi connectivity index (χ0) is 22.7. The third kappa shape index (κ3) is 4.41. The topological polar surface area (TPSA) is 74.4 Å². The Labute approximate surface area is 188 Å². The highest BCUT2D eigenvalue weighted by molar-refractivity contribution is 6.01. The molecule has 6 heteroatoms. The Bertz CT molecular complexity index is 1120. The average molecular weight is 434 g/mol. The molecule has 0 saturated heterocycles. The van der Waals surface area contributed by atoms with Gasteiger partial charge in [0.05, 0.1) is 12.1 Å². The van der Waals surface area contributed by atoms with Crippen LogP contribution in [0, 0.1) is 6.92 Å². The number of amides is 2. The quantitative estimate of drug-likeness (QED) is 0.493. The number of para-hydroxylation sites is 1. The SMILES string of the molecule is Cc1[nH]c2ccccc2c1[C@H]1c2ccccc2C(=O)N1CCC(=O)NCCCOC(C)C. The van der Waals surface area contributed by atoms with Gasteiger partial charge in [-0.2, -0.15) is 0 Å². The maximum Gasteiger partial charge on any atom is 0.255 e. The van der Waals surface area contributed by atoms with Gasteiger partial charge in [-0.25, -0.2) is 0 Å². The molecule has 32 heavy (non-hydrogen) atoms. The average Bonchev–Trinajstić information content (AvgIpc) is 3.24. The standard InChI is InChI=1S/C26H31N3O3/c1-17(2)32-16-8-14-27-23(30)13-15-29-25(19-9-4-5-10-20(19)26(29)31)24-18(3)28-22-12-7-6-11-21(22)24/h4-7,9-12,17,25,28H,8,13-16H2,1-3H3,(H,27,30)/t25-/m1/s1. The van der Waals surface area contributed by atoms with Crippen LogP contribution in [0.1, 0.15) is 59.9 Å². The van der Waals surface area contributed by atoms with Gasteiger partial charge in [0.2, 0.25) is 5.91 Å². The lowest BCUT2D eigenvalue weighted by Crippen LogP contribution is -2.34. The van der Waals surface area contributed by atoms with Gasteiger partial charge in [0.1, 0.15) is 0 Å². The molecule has 0 fully saturated rings. The summed E-state index contributed by atoms with van der Waals surface area (Å²) in [4.78, 5) is 31.0. The summed E-state index contributed by atoms with van der Waals surface area (Å²) in [5, 5.41) is 4.05. The number of carbonyl (C=O) groups excluding carboxylic acids is 2.